The topological polar surface area (TPSA) is 64.9 Å². The Hall–Kier alpha value is -1.65. The first kappa shape index (κ1) is 11.8. The zero-order chi connectivity index (χ0) is 12.4. The van der Waals surface area contributed by atoms with E-state index in [1.807, 2.05) is 0 Å². The average molecular weight is 252 g/mol. The molecule has 1 aromatic heterocycles. The van der Waals surface area contributed by atoms with E-state index < -0.39 is 11.9 Å². The molecule has 5 heteroatoms. The number of benzene rings is 1. The molecule has 0 aliphatic rings. The van der Waals surface area contributed by atoms with Crippen LogP contribution in [0.25, 0.3) is 0 Å². The van der Waals surface area contributed by atoms with Crippen LogP contribution in [0.1, 0.15) is 17.2 Å². The summed E-state index contributed by atoms with van der Waals surface area (Å²) < 4.78 is 13.8. The minimum absolute atomic E-state index is 0.0420. The van der Waals surface area contributed by atoms with Gasteiger partial charge in [-0.05, 0) is 12.1 Å². The van der Waals surface area contributed by atoms with E-state index in [9.17, 15) is 4.39 Å². The van der Waals surface area contributed by atoms with Crippen LogP contribution in [0.2, 0.25) is 5.02 Å². The fourth-order valence-electron chi connectivity index (χ4n) is 1.61. The first-order chi connectivity index (χ1) is 8.11. The van der Waals surface area contributed by atoms with E-state index in [1.165, 1.54) is 12.3 Å². The molecule has 1 aromatic carbocycles. The molecule has 1 heterocycles. The van der Waals surface area contributed by atoms with Gasteiger partial charge in [0.2, 0.25) is 0 Å². The molecule has 1 unspecified atom stereocenters. The quantitative estimate of drug-likeness (QED) is 0.862. The lowest BCUT2D eigenvalue weighted by atomic mass is 9.99. The summed E-state index contributed by atoms with van der Waals surface area (Å²) >= 11 is 5.71. The average Bonchev–Trinajstić information content (AvgIpc) is 2.32. The van der Waals surface area contributed by atoms with Crippen molar-refractivity contribution in [3.8, 4) is 0 Å². The van der Waals surface area contributed by atoms with Crippen LogP contribution in [0.4, 0.5) is 10.1 Å². The highest BCUT2D eigenvalue weighted by molar-refractivity contribution is 6.30. The van der Waals surface area contributed by atoms with Gasteiger partial charge in [-0.3, -0.25) is 4.98 Å². The molecule has 1 atom stereocenters. The first-order valence-corrected chi connectivity index (χ1v) is 5.38. The Morgan fingerprint density at radius 1 is 1.24 bits per heavy atom. The molecule has 2 rings (SSSR count). The minimum Gasteiger partial charge on any atom is -0.398 e. The van der Waals surface area contributed by atoms with Gasteiger partial charge in [0.25, 0.3) is 0 Å². The van der Waals surface area contributed by atoms with Crippen molar-refractivity contribution >= 4 is 17.3 Å². The van der Waals surface area contributed by atoms with E-state index >= 15 is 0 Å². The second kappa shape index (κ2) is 4.69. The van der Waals surface area contributed by atoms with E-state index in [1.54, 1.807) is 24.4 Å². The van der Waals surface area contributed by atoms with Crippen LogP contribution in [0.15, 0.2) is 36.7 Å². The summed E-state index contributed by atoms with van der Waals surface area (Å²) in [6.45, 7) is 0. The zero-order valence-electron chi connectivity index (χ0n) is 8.90. The van der Waals surface area contributed by atoms with Crippen LogP contribution in [-0.2, 0) is 0 Å². The summed E-state index contributed by atoms with van der Waals surface area (Å²) in [5.74, 6) is -0.523. The Bertz CT molecular complexity index is 545. The van der Waals surface area contributed by atoms with Crippen molar-refractivity contribution in [1.82, 2.24) is 4.98 Å². The number of hydrogen-bond donors (Lipinski definition) is 2. The predicted molar refractivity (Wildman–Crippen MR) is 66.1 cm³/mol. The lowest BCUT2D eigenvalue weighted by Crippen LogP contribution is -2.15. The summed E-state index contributed by atoms with van der Waals surface area (Å²) in [5.41, 5.74) is 13.1. The molecular weight excluding hydrogens is 241 g/mol. The lowest BCUT2D eigenvalue weighted by Gasteiger charge is -2.15. The molecule has 4 N–H and O–H groups in total. The monoisotopic (exact) mass is 251 g/mol. The van der Waals surface area contributed by atoms with E-state index in [2.05, 4.69) is 4.98 Å². The van der Waals surface area contributed by atoms with Crippen molar-refractivity contribution in [3.05, 3.63) is 58.6 Å². The Kier molecular flexibility index (Phi) is 3.26. The molecule has 0 aliphatic carbocycles. The number of rotatable bonds is 2. The van der Waals surface area contributed by atoms with Gasteiger partial charge in [0, 0.05) is 29.2 Å². The van der Waals surface area contributed by atoms with E-state index in [-0.39, 0.29) is 5.02 Å². The number of hydrogen-bond acceptors (Lipinski definition) is 3. The van der Waals surface area contributed by atoms with Crippen molar-refractivity contribution in [2.45, 2.75) is 6.04 Å². The summed E-state index contributed by atoms with van der Waals surface area (Å²) in [6, 6.07) is 5.64. The lowest BCUT2D eigenvalue weighted by molar-refractivity contribution is 0.600. The maximum atomic E-state index is 13.8. The highest BCUT2D eigenvalue weighted by Gasteiger charge is 2.17. The Balaban J connectivity index is 2.48. The standard InChI is InChI=1S/C12H11ClFN3/c13-9-3-1-2-7(11(9)14)12(16)8-6-17-5-4-10(8)15/h1-6,12H,16H2,(H2,15,17). The van der Waals surface area contributed by atoms with E-state index in [4.69, 9.17) is 23.1 Å². The van der Waals surface area contributed by atoms with Gasteiger partial charge in [0.1, 0.15) is 5.82 Å². The molecule has 0 aliphatic heterocycles. The molecule has 17 heavy (non-hydrogen) atoms. The van der Waals surface area contributed by atoms with Crippen LogP contribution in [0.3, 0.4) is 0 Å². The third-order valence-corrected chi connectivity index (χ3v) is 2.83. The van der Waals surface area contributed by atoms with E-state index in [0.29, 0.717) is 16.8 Å². The number of aromatic nitrogens is 1. The summed E-state index contributed by atoms with van der Waals surface area (Å²) in [4.78, 5) is 3.93. The molecule has 2 aromatic rings. The van der Waals surface area contributed by atoms with Crippen LogP contribution < -0.4 is 11.5 Å². The molecular formula is C12H11ClFN3. The normalized spacial score (nSPS) is 12.4. The van der Waals surface area contributed by atoms with Gasteiger partial charge in [0.05, 0.1) is 11.1 Å². The zero-order valence-corrected chi connectivity index (χ0v) is 9.66. The minimum atomic E-state index is -0.678. The number of nitrogens with two attached hydrogens (primary N) is 2. The summed E-state index contributed by atoms with van der Waals surface area (Å²) in [6.07, 6.45) is 3.08. The maximum Gasteiger partial charge on any atom is 0.146 e. The highest BCUT2D eigenvalue weighted by atomic mass is 35.5. The number of halogens is 2. The molecule has 0 bridgehead atoms. The molecule has 0 amide bonds. The third kappa shape index (κ3) is 2.23. The van der Waals surface area contributed by atoms with Crippen molar-refractivity contribution in [2.24, 2.45) is 5.73 Å². The molecule has 0 spiro atoms. The predicted octanol–water partition coefficient (Wildman–Crippen LogP) is 2.50. The molecule has 3 nitrogen and oxygen atoms in total. The van der Waals surface area contributed by atoms with E-state index in [0.717, 1.165) is 0 Å². The number of nitrogen functional groups attached to an aromatic ring is 1. The van der Waals surface area contributed by atoms with Crippen molar-refractivity contribution in [3.63, 3.8) is 0 Å². The maximum absolute atomic E-state index is 13.8. The fraction of sp³-hybridized carbons (Fsp3) is 0.0833. The number of nitrogens with zero attached hydrogens (tertiary/aromatic N) is 1. The van der Waals surface area contributed by atoms with Gasteiger partial charge in [0.15, 0.2) is 0 Å². The van der Waals surface area contributed by atoms with Gasteiger partial charge >= 0.3 is 0 Å². The van der Waals surface area contributed by atoms with Crippen LogP contribution in [-0.4, -0.2) is 4.98 Å². The van der Waals surface area contributed by atoms with Crippen LogP contribution in [0, 0.1) is 5.82 Å². The SMILES string of the molecule is Nc1ccncc1C(N)c1cccc(Cl)c1F. The Morgan fingerprint density at radius 2 is 2.00 bits per heavy atom. The first-order valence-electron chi connectivity index (χ1n) is 5.00. The third-order valence-electron chi connectivity index (χ3n) is 2.54. The van der Waals surface area contributed by atoms with Gasteiger partial charge in [-0.2, -0.15) is 0 Å². The van der Waals surface area contributed by atoms with Gasteiger partial charge < -0.3 is 11.5 Å². The van der Waals surface area contributed by atoms with Crippen molar-refractivity contribution in [2.75, 3.05) is 5.73 Å². The highest BCUT2D eigenvalue weighted by Crippen LogP contribution is 2.28. The second-order valence-corrected chi connectivity index (χ2v) is 4.03. The largest absolute Gasteiger partial charge is 0.398 e. The molecule has 0 radical (unpaired) electrons. The van der Waals surface area contributed by atoms with Crippen molar-refractivity contribution < 1.29 is 4.39 Å². The second-order valence-electron chi connectivity index (χ2n) is 3.63. The summed E-state index contributed by atoms with van der Waals surface area (Å²) in [7, 11) is 0. The van der Waals surface area contributed by atoms with Gasteiger partial charge in [-0.15, -0.1) is 0 Å². The van der Waals surface area contributed by atoms with Crippen molar-refractivity contribution in [1.29, 1.82) is 0 Å². The number of pyridine rings is 1. The summed E-state index contributed by atoms with van der Waals surface area (Å²) in [5, 5.41) is 0.0420. The van der Waals surface area contributed by atoms with Gasteiger partial charge in [-0.1, -0.05) is 23.7 Å². The van der Waals surface area contributed by atoms with Gasteiger partial charge in [-0.25, -0.2) is 4.39 Å². The van der Waals surface area contributed by atoms with Crippen LogP contribution in [0.5, 0.6) is 0 Å². The Labute approximate surface area is 103 Å². The van der Waals surface area contributed by atoms with Crippen LogP contribution >= 0.6 is 11.6 Å². The number of anilines is 1. The molecule has 0 saturated carbocycles. The molecule has 0 saturated heterocycles. The fourth-order valence-corrected chi connectivity index (χ4v) is 1.79. The Morgan fingerprint density at radius 3 is 2.71 bits per heavy atom. The molecule has 0 fully saturated rings. The smallest absolute Gasteiger partial charge is 0.146 e. The molecule has 88 valence electrons.